The van der Waals surface area contributed by atoms with Gasteiger partial charge in [-0.2, -0.15) is 0 Å². The topological polar surface area (TPSA) is 66.8 Å². The minimum atomic E-state index is -0.977. The summed E-state index contributed by atoms with van der Waals surface area (Å²) >= 11 is 0. The van der Waals surface area contributed by atoms with E-state index < -0.39 is 5.97 Å². The van der Waals surface area contributed by atoms with Gasteiger partial charge < -0.3 is 14.7 Å². The van der Waals surface area contributed by atoms with Crippen LogP contribution in [-0.2, 0) is 14.3 Å². The number of carbonyl (C=O) groups excluding carboxylic acids is 1. The summed E-state index contributed by atoms with van der Waals surface area (Å²) in [5, 5.41) is 8.60. The molecule has 0 aliphatic heterocycles. The van der Waals surface area contributed by atoms with Crippen molar-refractivity contribution in [2.75, 3.05) is 26.8 Å². The molecule has 0 heterocycles. The fourth-order valence-corrected chi connectivity index (χ4v) is 1.24. The van der Waals surface area contributed by atoms with Crippen LogP contribution in [0.5, 0.6) is 0 Å². The Labute approximate surface area is 82.6 Å². The lowest BCUT2D eigenvalue weighted by Crippen LogP contribution is -2.39. The zero-order chi connectivity index (χ0) is 10.6. The molecular formula is C9H15NO4. The maximum absolute atomic E-state index is 11.4. The van der Waals surface area contributed by atoms with Gasteiger partial charge in [-0.3, -0.25) is 9.59 Å². The number of methoxy groups -OCH3 is 1. The van der Waals surface area contributed by atoms with E-state index >= 15 is 0 Å². The largest absolute Gasteiger partial charge is 0.480 e. The molecule has 0 saturated heterocycles. The van der Waals surface area contributed by atoms with Crippen LogP contribution in [0.3, 0.4) is 0 Å². The molecule has 1 amide bonds. The van der Waals surface area contributed by atoms with Gasteiger partial charge in [-0.1, -0.05) is 0 Å². The molecule has 5 nitrogen and oxygen atoms in total. The molecule has 1 aliphatic carbocycles. The number of aliphatic carboxylic acids is 1. The highest BCUT2D eigenvalue weighted by Gasteiger charge is 2.27. The Kier molecular flexibility index (Phi) is 3.88. The predicted molar refractivity (Wildman–Crippen MR) is 48.8 cm³/mol. The summed E-state index contributed by atoms with van der Waals surface area (Å²) < 4.78 is 4.68. The summed E-state index contributed by atoms with van der Waals surface area (Å²) in [6.45, 7) is 0.285. The van der Waals surface area contributed by atoms with Gasteiger partial charge in [0.05, 0.1) is 0 Å². The van der Waals surface area contributed by atoms with Crippen LogP contribution in [0.25, 0.3) is 0 Å². The highest BCUT2D eigenvalue weighted by atomic mass is 16.5. The van der Waals surface area contributed by atoms with Crippen molar-refractivity contribution in [2.45, 2.75) is 12.8 Å². The summed E-state index contributed by atoms with van der Waals surface area (Å²) in [7, 11) is 1.42. The van der Waals surface area contributed by atoms with E-state index in [1.807, 2.05) is 0 Å². The summed E-state index contributed by atoms with van der Waals surface area (Å²) in [4.78, 5) is 23.2. The number of amides is 1. The lowest BCUT2D eigenvalue weighted by atomic mass is 10.3. The van der Waals surface area contributed by atoms with Crippen molar-refractivity contribution in [1.82, 2.24) is 4.90 Å². The van der Waals surface area contributed by atoms with Crippen molar-refractivity contribution >= 4 is 11.9 Å². The molecule has 0 aromatic carbocycles. The van der Waals surface area contributed by atoms with E-state index in [-0.39, 0.29) is 19.1 Å². The molecule has 0 aromatic rings. The molecule has 14 heavy (non-hydrogen) atoms. The smallest absolute Gasteiger partial charge is 0.323 e. The molecular weight excluding hydrogens is 186 g/mol. The van der Waals surface area contributed by atoms with Gasteiger partial charge in [-0.05, 0) is 18.8 Å². The number of ether oxygens (including phenoxy) is 1. The van der Waals surface area contributed by atoms with E-state index in [0.717, 1.165) is 12.8 Å². The second-order valence-corrected chi connectivity index (χ2v) is 3.54. The van der Waals surface area contributed by atoms with Gasteiger partial charge in [0.1, 0.15) is 13.2 Å². The Morgan fingerprint density at radius 2 is 2.14 bits per heavy atom. The van der Waals surface area contributed by atoms with Gasteiger partial charge in [-0.15, -0.1) is 0 Å². The van der Waals surface area contributed by atoms with Crippen LogP contribution >= 0.6 is 0 Å². The Morgan fingerprint density at radius 1 is 1.50 bits per heavy atom. The molecule has 80 valence electrons. The molecule has 0 aromatic heterocycles. The molecule has 1 aliphatic rings. The fourth-order valence-electron chi connectivity index (χ4n) is 1.24. The van der Waals surface area contributed by atoms with Crippen LogP contribution in [0.4, 0.5) is 0 Å². The Balaban J connectivity index is 2.41. The molecule has 0 atom stereocenters. The van der Waals surface area contributed by atoms with E-state index in [4.69, 9.17) is 5.11 Å². The van der Waals surface area contributed by atoms with Crippen LogP contribution in [0.15, 0.2) is 0 Å². The van der Waals surface area contributed by atoms with Crippen molar-refractivity contribution in [3.8, 4) is 0 Å². The molecule has 0 unspecified atom stereocenters. The SMILES string of the molecule is COCC(=O)N(CC(=O)O)CC1CC1. The number of carboxylic acid groups (broad SMARTS) is 1. The van der Waals surface area contributed by atoms with E-state index in [1.165, 1.54) is 12.0 Å². The molecule has 1 rings (SSSR count). The van der Waals surface area contributed by atoms with Crippen molar-refractivity contribution in [3.63, 3.8) is 0 Å². The standard InChI is InChI=1S/C9H15NO4/c1-14-6-8(11)10(5-9(12)13)4-7-2-3-7/h7H,2-6H2,1H3,(H,12,13). The van der Waals surface area contributed by atoms with Gasteiger partial charge >= 0.3 is 5.97 Å². The second kappa shape index (κ2) is 4.95. The Bertz CT molecular complexity index is 225. The fraction of sp³-hybridized carbons (Fsp3) is 0.778. The van der Waals surface area contributed by atoms with Gasteiger partial charge in [-0.25, -0.2) is 0 Å². The highest BCUT2D eigenvalue weighted by Crippen LogP contribution is 2.29. The predicted octanol–water partition coefficient (Wildman–Crippen LogP) is -0.0440. The summed E-state index contributed by atoms with van der Waals surface area (Å²) in [5.74, 6) is -0.730. The molecule has 0 spiro atoms. The van der Waals surface area contributed by atoms with Gasteiger partial charge in [0.25, 0.3) is 0 Å². The van der Waals surface area contributed by atoms with Gasteiger partial charge in [0, 0.05) is 13.7 Å². The summed E-state index contributed by atoms with van der Waals surface area (Å²) in [6, 6.07) is 0. The van der Waals surface area contributed by atoms with Crippen LogP contribution < -0.4 is 0 Å². The quantitative estimate of drug-likeness (QED) is 0.654. The van der Waals surface area contributed by atoms with E-state index in [0.29, 0.717) is 12.5 Å². The van der Waals surface area contributed by atoms with E-state index in [1.54, 1.807) is 0 Å². The van der Waals surface area contributed by atoms with Crippen molar-refractivity contribution in [1.29, 1.82) is 0 Å². The van der Waals surface area contributed by atoms with Crippen LogP contribution in [-0.4, -0.2) is 48.7 Å². The normalized spacial score (nSPS) is 15.2. The first-order chi connectivity index (χ1) is 6.63. The van der Waals surface area contributed by atoms with Crippen LogP contribution in [0.2, 0.25) is 0 Å². The van der Waals surface area contributed by atoms with Crippen LogP contribution in [0.1, 0.15) is 12.8 Å². The minimum absolute atomic E-state index is 0.0417. The maximum Gasteiger partial charge on any atom is 0.323 e. The third kappa shape index (κ3) is 3.74. The molecule has 1 saturated carbocycles. The summed E-state index contributed by atoms with van der Waals surface area (Å²) in [5.41, 5.74) is 0. The first-order valence-corrected chi connectivity index (χ1v) is 4.62. The molecule has 1 N–H and O–H groups in total. The first kappa shape index (κ1) is 11.0. The number of carbonyl (C=O) groups is 2. The maximum atomic E-state index is 11.4. The average molecular weight is 201 g/mol. The van der Waals surface area contributed by atoms with Crippen molar-refractivity contribution in [3.05, 3.63) is 0 Å². The Hall–Kier alpha value is -1.10. The van der Waals surface area contributed by atoms with Gasteiger partial charge in [0.2, 0.25) is 5.91 Å². The number of carboxylic acids is 1. The first-order valence-electron chi connectivity index (χ1n) is 4.62. The molecule has 0 bridgehead atoms. The summed E-state index contributed by atoms with van der Waals surface area (Å²) in [6.07, 6.45) is 2.19. The van der Waals surface area contributed by atoms with Crippen LogP contribution in [0, 0.1) is 5.92 Å². The van der Waals surface area contributed by atoms with E-state index in [9.17, 15) is 9.59 Å². The number of hydrogen-bond acceptors (Lipinski definition) is 3. The lowest BCUT2D eigenvalue weighted by Gasteiger charge is -2.19. The van der Waals surface area contributed by atoms with Crippen molar-refractivity contribution < 1.29 is 19.4 Å². The van der Waals surface area contributed by atoms with Crippen molar-refractivity contribution in [2.24, 2.45) is 5.92 Å². The lowest BCUT2D eigenvalue weighted by molar-refractivity contribution is -0.146. The number of nitrogens with zero attached hydrogens (tertiary/aromatic N) is 1. The third-order valence-electron chi connectivity index (χ3n) is 2.12. The highest BCUT2D eigenvalue weighted by molar-refractivity contribution is 5.82. The Morgan fingerprint density at radius 3 is 2.57 bits per heavy atom. The molecule has 1 fully saturated rings. The minimum Gasteiger partial charge on any atom is -0.480 e. The monoisotopic (exact) mass is 201 g/mol. The molecule has 5 heteroatoms. The molecule has 0 radical (unpaired) electrons. The third-order valence-corrected chi connectivity index (χ3v) is 2.12. The average Bonchev–Trinajstić information content (AvgIpc) is 2.86. The number of hydrogen-bond donors (Lipinski definition) is 1. The van der Waals surface area contributed by atoms with Gasteiger partial charge in [0.15, 0.2) is 0 Å². The second-order valence-electron chi connectivity index (χ2n) is 3.54. The van der Waals surface area contributed by atoms with E-state index in [2.05, 4.69) is 4.74 Å². The zero-order valence-corrected chi connectivity index (χ0v) is 8.23. The zero-order valence-electron chi connectivity index (χ0n) is 8.23. The number of rotatable bonds is 6.